The molecular weight excluding hydrogens is 315 g/mol. The van der Waals surface area contributed by atoms with Crippen molar-refractivity contribution in [2.45, 2.75) is 52.0 Å². The first kappa shape index (κ1) is 17.6. The summed E-state index contributed by atoms with van der Waals surface area (Å²) >= 11 is 0. The first-order valence-corrected chi connectivity index (χ1v) is 9.00. The number of benzene rings is 1. The quantitative estimate of drug-likeness (QED) is 0.819. The lowest BCUT2D eigenvalue weighted by Gasteiger charge is -2.29. The summed E-state index contributed by atoms with van der Waals surface area (Å²) in [4.78, 5) is 15.6. The summed E-state index contributed by atoms with van der Waals surface area (Å²) in [5.41, 5.74) is 3.22. The van der Waals surface area contributed by atoms with E-state index in [1.807, 2.05) is 18.2 Å². The minimum absolute atomic E-state index is 0.207. The highest BCUT2D eigenvalue weighted by Crippen LogP contribution is 2.30. The zero-order valence-corrected chi connectivity index (χ0v) is 14.9. The third-order valence-electron chi connectivity index (χ3n) is 5.02. The molecule has 0 aliphatic heterocycles. The van der Waals surface area contributed by atoms with Crippen molar-refractivity contribution < 1.29 is 9.18 Å². The molecule has 0 spiro atoms. The van der Waals surface area contributed by atoms with Crippen LogP contribution in [0, 0.1) is 18.7 Å². The van der Waals surface area contributed by atoms with Crippen LogP contribution >= 0.6 is 0 Å². The molecule has 2 aromatic rings. The lowest BCUT2D eigenvalue weighted by Crippen LogP contribution is -2.26. The third-order valence-corrected chi connectivity index (χ3v) is 5.02. The summed E-state index contributed by atoms with van der Waals surface area (Å²) in [6.07, 6.45) is 6.82. The first-order valence-electron chi connectivity index (χ1n) is 9.00. The van der Waals surface area contributed by atoms with Gasteiger partial charge >= 0.3 is 0 Å². The SMILES string of the molecule is CC(=O)CC1CCC(Nc2ccnc(-c3ccc(C)c(F)c3)c2)CC1. The van der Waals surface area contributed by atoms with Crippen molar-refractivity contribution in [2.24, 2.45) is 5.92 Å². The van der Waals surface area contributed by atoms with Gasteiger partial charge in [0.1, 0.15) is 11.6 Å². The van der Waals surface area contributed by atoms with Crippen molar-refractivity contribution in [3.05, 3.63) is 47.9 Å². The molecule has 3 nitrogen and oxygen atoms in total. The van der Waals surface area contributed by atoms with E-state index in [1.54, 1.807) is 26.1 Å². The number of anilines is 1. The van der Waals surface area contributed by atoms with Gasteiger partial charge in [-0.3, -0.25) is 4.98 Å². The van der Waals surface area contributed by atoms with Gasteiger partial charge in [-0.05, 0) is 69.2 Å². The summed E-state index contributed by atoms with van der Waals surface area (Å²) in [6, 6.07) is 9.57. The average molecular weight is 340 g/mol. The van der Waals surface area contributed by atoms with Gasteiger partial charge in [-0.2, -0.15) is 0 Å². The Labute approximate surface area is 148 Å². The Bertz CT molecular complexity index is 751. The van der Waals surface area contributed by atoms with Crippen molar-refractivity contribution in [3.8, 4) is 11.3 Å². The molecule has 1 fully saturated rings. The predicted molar refractivity (Wildman–Crippen MR) is 99.0 cm³/mol. The number of carbonyl (C=O) groups excluding carboxylic acids is 1. The van der Waals surface area contributed by atoms with E-state index in [1.165, 1.54) is 6.07 Å². The van der Waals surface area contributed by atoms with Gasteiger partial charge in [-0.25, -0.2) is 4.39 Å². The van der Waals surface area contributed by atoms with Crippen molar-refractivity contribution in [3.63, 3.8) is 0 Å². The van der Waals surface area contributed by atoms with Gasteiger partial charge in [0.25, 0.3) is 0 Å². The highest BCUT2D eigenvalue weighted by molar-refractivity contribution is 5.75. The van der Waals surface area contributed by atoms with Crippen LogP contribution in [0.25, 0.3) is 11.3 Å². The number of halogens is 1. The van der Waals surface area contributed by atoms with Gasteiger partial charge in [0.2, 0.25) is 0 Å². The Morgan fingerprint density at radius 2 is 1.96 bits per heavy atom. The molecule has 0 bridgehead atoms. The van der Waals surface area contributed by atoms with Crippen LogP contribution in [-0.2, 0) is 4.79 Å². The number of Topliss-reactive ketones (excluding diaryl/α,β-unsaturated/α-hetero) is 1. The minimum Gasteiger partial charge on any atom is -0.382 e. The van der Waals surface area contributed by atoms with Crippen LogP contribution in [0.5, 0.6) is 0 Å². The number of ketones is 1. The second-order valence-corrected chi connectivity index (χ2v) is 7.16. The van der Waals surface area contributed by atoms with Crippen molar-refractivity contribution >= 4 is 11.5 Å². The van der Waals surface area contributed by atoms with Crippen molar-refractivity contribution in [2.75, 3.05) is 5.32 Å². The molecule has 1 saturated carbocycles. The van der Waals surface area contributed by atoms with Gasteiger partial charge in [0, 0.05) is 29.9 Å². The maximum absolute atomic E-state index is 13.8. The van der Waals surface area contributed by atoms with Crippen LogP contribution in [0.1, 0.15) is 44.6 Å². The van der Waals surface area contributed by atoms with E-state index < -0.39 is 0 Å². The Balaban J connectivity index is 1.64. The minimum atomic E-state index is -0.207. The summed E-state index contributed by atoms with van der Waals surface area (Å²) in [5.74, 6) is 0.626. The van der Waals surface area contributed by atoms with Gasteiger partial charge in [0.05, 0.1) is 5.69 Å². The fraction of sp³-hybridized carbons (Fsp3) is 0.429. The standard InChI is InChI=1S/C21H25FN2O/c1-14-3-6-17(12-20(14)22)21-13-19(9-10-23-21)24-18-7-4-16(5-8-18)11-15(2)25/h3,6,9-10,12-13,16,18H,4-5,7-8,11H2,1-2H3,(H,23,24). The molecule has 1 N–H and O–H groups in total. The number of hydrogen-bond acceptors (Lipinski definition) is 3. The normalized spacial score (nSPS) is 20.3. The summed E-state index contributed by atoms with van der Waals surface area (Å²) in [7, 11) is 0. The molecule has 0 radical (unpaired) electrons. The zero-order chi connectivity index (χ0) is 17.8. The van der Waals surface area contributed by atoms with Gasteiger partial charge in [0.15, 0.2) is 0 Å². The number of pyridine rings is 1. The van der Waals surface area contributed by atoms with Crippen LogP contribution in [0.2, 0.25) is 0 Å². The van der Waals surface area contributed by atoms with Crippen molar-refractivity contribution in [1.82, 2.24) is 4.98 Å². The lowest BCUT2D eigenvalue weighted by molar-refractivity contribution is -0.118. The zero-order valence-electron chi connectivity index (χ0n) is 14.9. The number of carbonyl (C=O) groups is 1. The van der Waals surface area contributed by atoms with Gasteiger partial charge in [-0.1, -0.05) is 12.1 Å². The van der Waals surface area contributed by atoms with Gasteiger partial charge < -0.3 is 10.1 Å². The second kappa shape index (κ2) is 7.77. The Morgan fingerprint density at radius 3 is 2.64 bits per heavy atom. The lowest BCUT2D eigenvalue weighted by atomic mass is 9.83. The van der Waals surface area contributed by atoms with E-state index in [0.29, 0.717) is 29.7 Å². The molecule has 1 heterocycles. The number of aromatic nitrogens is 1. The molecule has 1 aliphatic rings. The maximum atomic E-state index is 13.8. The van der Waals surface area contributed by atoms with Gasteiger partial charge in [-0.15, -0.1) is 0 Å². The molecule has 0 saturated heterocycles. The summed E-state index contributed by atoms with van der Waals surface area (Å²) in [5, 5.41) is 3.57. The second-order valence-electron chi connectivity index (χ2n) is 7.16. The molecule has 0 unspecified atom stereocenters. The number of nitrogens with one attached hydrogen (secondary N) is 1. The smallest absolute Gasteiger partial charge is 0.130 e. The Morgan fingerprint density at radius 1 is 1.20 bits per heavy atom. The topological polar surface area (TPSA) is 42.0 Å². The van der Waals surface area contributed by atoms with Crippen molar-refractivity contribution in [1.29, 1.82) is 0 Å². The fourth-order valence-electron chi connectivity index (χ4n) is 3.58. The molecule has 25 heavy (non-hydrogen) atoms. The van der Waals surface area contributed by atoms with E-state index in [2.05, 4.69) is 10.3 Å². The molecule has 1 aromatic carbocycles. The molecule has 0 atom stereocenters. The molecule has 1 aliphatic carbocycles. The van der Waals surface area contributed by atoms with E-state index in [0.717, 1.165) is 42.6 Å². The average Bonchev–Trinajstić information content (AvgIpc) is 2.59. The predicted octanol–water partition coefficient (Wildman–Crippen LogP) is 5.15. The van der Waals surface area contributed by atoms with E-state index in [-0.39, 0.29) is 5.82 Å². The van der Waals surface area contributed by atoms with Crippen LogP contribution in [0.3, 0.4) is 0 Å². The maximum Gasteiger partial charge on any atom is 0.130 e. The number of aryl methyl sites for hydroxylation is 1. The van der Waals surface area contributed by atoms with Crippen LogP contribution in [0.4, 0.5) is 10.1 Å². The Kier molecular flexibility index (Phi) is 5.47. The van der Waals surface area contributed by atoms with E-state index in [4.69, 9.17) is 0 Å². The highest BCUT2D eigenvalue weighted by Gasteiger charge is 2.22. The molecule has 3 rings (SSSR count). The molecule has 132 valence electrons. The monoisotopic (exact) mass is 340 g/mol. The molecule has 0 amide bonds. The first-order chi connectivity index (χ1) is 12.0. The Hall–Kier alpha value is -2.23. The van der Waals surface area contributed by atoms with E-state index >= 15 is 0 Å². The number of hydrogen-bond donors (Lipinski definition) is 1. The summed E-state index contributed by atoms with van der Waals surface area (Å²) in [6.45, 7) is 3.43. The molecular formula is C21H25FN2O. The van der Waals surface area contributed by atoms with Crippen LogP contribution < -0.4 is 5.32 Å². The fourth-order valence-corrected chi connectivity index (χ4v) is 3.58. The highest BCUT2D eigenvalue weighted by atomic mass is 19.1. The largest absolute Gasteiger partial charge is 0.382 e. The van der Waals surface area contributed by atoms with Crippen LogP contribution in [-0.4, -0.2) is 16.8 Å². The van der Waals surface area contributed by atoms with Crippen LogP contribution in [0.15, 0.2) is 36.5 Å². The molecule has 4 heteroatoms. The third kappa shape index (κ3) is 4.65. The number of nitrogens with zero attached hydrogens (tertiary/aromatic N) is 1. The van der Waals surface area contributed by atoms with E-state index in [9.17, 15) is 9.18 Å². The number of rotatable bonds is 5. The molecule has 1 aromatic heterocycles. The summed E-state index contributed by atoms with van der Waals surface area (Å²) < 4.78 is 13.8.